The van der Waals surface area contributed by atoms with E-state index < -0.39 is 0 Å². The van der Waals surface area contributed by atoms with Crippen LogP contribution in [0.1, 0.15) is 11.1 Å². The zero-order chi connectivity index (χ0) is 14.4. The van der Waals surface area contributed by atoms with Gasteiger partial charge < -0.3 is 4.98 Å². The fourth-order valence-corrected chi connectivity index (χ4v) is 3.89. The van der Waals surface area contributed by atoms with Crippen LogP contribution in [0.15, 0.2) is 58.5 Å². The molecule has 0 aliphatic carbocycles. The Morgan fingerprint density at radius 3 is 2.33 bits per heavy atom. The summed E-state index contributed by atoms with van der Waals surface area (Å²) in [6.45, 7) is 0. The van der Waals surface area contributed by atoms with Gasteiger partial charge in [-0.25, -0.2) is 9.98 Å². The normalized spacial score (nSPS) is 15.5. The first-order valence-corrected chi connectivity index (χ1v) is 8.58. The Hall–Kier alpha value is -1.22. The fraction of sp³-hybridized carbons (Fsp3) is 0. The number of hydrogen-bond acceptors (Lipinski definition) is 1. The first-order chi connectivity index (χ1) is 10.2. The summed E-state index contributed by atoms with van der Waals surface area (Å²) in [7, 11) is 0. The summed E-state index contributed by atoms with van der Waals surface area (Å²) in [5, 5.41) is 2.33. The van der Waals surface area contributed by atoms with Crippen LogP contribution < -0.4 is 0 Å². The molecule has 3 nitrogen and oxygen atoms in total. The van der Waals surface area contributed by atoms with Gasteiger partial charge in [0.25, 0.3) is 0 Å². The lowest BCUT2D eigenvalue weighted by atomic mass is 10.1. The fourth-order valence-electron chi connectivity index (χ4n) is 2.47. The van der Waals surface area contributed by atoms with Gasteiger partial charge in [0.2, 0.25) is 0 Å². The topological polar surface area (TPSA) is 40.5 Å². The molecule has 2 heterocycles. The van der Waals surface area contributed by atoms with Gasteiger partial charge >= 0.3 is 0 Å². The SMILES string of the molecule is IC1=NC(=Nc2[nH]c(I)c3ccccc23)c2ccccc21. The maximum atomic E-state index is 4.76. The zero-order valence-electron chi connectivity index (χ0n) is 10.8. The van der Waals surface area contributed by atoms with Crippen LogP contribution >= 0.6 is 45.2 Å². The number of aliphatic imine (C=N–C) groups is 2. The molecule has 0 radical (unpaired) electrons. The van der Waals surface area contributed by atoms with Crippen LogP contribution in [0.5, 0.6) is 0 Å². The maximum absolute atomic E-state index is 4.76. The van der Waals surface area contributed by atoms with Crippen LogP contribution in [0, 0.1) is 3.70 Å². The standard InChI is InChI=1S/C16H9I2N3/c17-13-9-5-1-3-7-11(9)15(19-13)21-16-12-8-4-2-6-10(12)14(18)20-16/h1-8,19H. The van der Waals surface area contributed by atoms with Crippen molar-refractivity contribution in [3.05, 3.63) is 63.4 Å². The van der Waals surface area contributed by atoms with E-state index in [1.54, 1.807) is 0 Å². The number of hydrogen-bond donors (Lipinski definition) is 1. The van der Waals surface area contributed by atoms with Gasteiger partial charge in [0.05, 0.1) is 3.70 Å². The van der Waals surface area contributed by atoms with Crippen molar-refractivity contribution in [1.29, 1.82) is 0 Å². The third kappa shape index (κ3) is 2.22. The Labute approximate surface area is 148 Å². The molecular weight excluding hydrogens is 488 g/mol. The van der Waals surface area contributed by atoms with Crippen LogP contribution in [0.25, 0.3) is 10.8 Å². The average Bonchev–Trinajstić information content (AvgIpc) is 3.00. The highest BCUT2D eigenvalue weighted by Crippen LogP contribution is 2.31. The highest BCUT2D eigenvalue weighted by molar-refractivity contribution is 14.1. The highest BCUT2D eigenvalue weighted by Gasteiger charge is 2.19. The molecule has 1 aliphatic heterocycles. The molecule has 0 atom stereocenters. The van der Waals surface area contributed by atoms with Crippen molar-refractivity contribution in [2.45, 2.75) is 0 Å². The van der Waals surface area contributed by atoms with Crippen molar-refractivity contribution in [2.24, 2.45) is 9.98 Å². The number of aromatic amines is 1. The van der Waals surface area contributed by atoms with Crippen LogP contribution in [-0.2, 0) is 0 Å². The number of benzene rings is 2. The summed E-state index contributed by atoms with van der Waals surface area (Å²) in [5.41, 5.74) is 2.25. The molecule has 0 saturated heterocycles. The number of aromatic nitrogens is 1. The van der Waals surface area contributed by atoms with Gasteiger partial charge in [-0.3, -0.25) is 0 Å². The largest absolute Gasteiger partial charge is 0.334 e. The molecule has 5 heteroatoms. The van der Waals surface area contributed by atoms with Crippen molar-refractivity contribution in [1.82, 2.24) is 4.98 Å². The summed E-state index contributed by atoms with van der Waals surface area (Å²) in [6, 6.07) is 16.5. The second-order valence-corrected chi connectivity index (χ2v) is 6.82. The number of nitrogens with one attached hydrogen (secondary N) is 1. The lowest BCUT2D eigenvalue weighted by molar-refractivity contribution is 1.30. The predicted octanol–water partition coefficient (Wildman–Crippen LogP) is 5.05. The molecule has 0 fully saturated rings. The second kappa shape index (κ2) is 5.20. The number of amidine groups is 1. The van der Waals surface area contributed by atoms with Gasteiger partial charge in [-0.1, -0.05) is 48.5 Å². The molecule has 1 aliphatic rings. The van der Waals surface area contributed by atoms with E-state index in [1.807, 2.05) is 24.3 Å². The summed E-state index contributed by atoms with van der Waals surface area (Å²) < 4.78 is 2.10. The molecule has 4 rings (SSSR count). The van der Waals surface area contributed by atoms with Gasteiger partial charge in [0.15, 0.2) is 5.84 Å². The van der Waals surface area contributed by atoms with Gasteiger partial charge in [0, 0.05) is 21.9 Å². The first kappa shape index (κ1) is 13.4. The van der Waals surface area contributed by atoms with Gasteiger partial charge in [-0.2, -0.15) is 0 Å². The van der Waals surface area contributed by atoms with Gasteiger partial charge in [-0.05, 0) is 45.2 Å². The predicted molar refractivity (Wildman–Crippen MR) is 104 cm³/mol. The van der Waals surface area contributed by atoms with Crippen LogP contribution in [0.2, 0.25) is 0 Å². The molecule has 1 aromatic heterocycles. The minimum atomic E-state index is 0.776. The van der Waals surface area contributed by atoms with E-state index in [2.05, 4.69) is 79.4 Å². The first-order valence-electron chi connectivity index (χ1n) is 6.43. The van der Waals surface area contributed by atoms with E-state index in [0.29, 0.717) is 0 Å². The Balaban J connectivity index is 1.93. The lowest BCUT2D eigenvalue weighted by Gasteiger charge is -1.98. The number of halogens is 2. The van der Waals surface area contributed by atoms with Crippen molar-refractivity contribution >= 4 is 71.3 Å². The van der Waals surface area contributed by atoms with Gasteiger partial charge in [-0.15, -0.1) is 0 Å². The number of nitrogens with zero attached hydrogens (tertiary/aromatic N) is 2. The van der Waals surface area contributed by atoms with E-state index in [1.165, 1.54) is 5.39 Å². The lowest BCUT2D eigenvalue weighted by Crippen LogP contribution is -1.93. The van der Waals surface area contributed by atoms with Crippen molar-refractivity contribution in [3.8, 4) is 0 Å². The molecule has 0 bridgehead atoms. The van der Waals surface area contributed by atoms with E-state index in [9.17, 15) is 0 Å². The van der Waals surface area contributed by atoms with Crippen LogP contribution in [0.3, 0.4) is 0 Å². The number of fused-ring (bicyclic) bond motifs is 2. The molecule has 102 valence electrons. The highest BCUT2D eigenvalue weighted by atomic mass is 127. The van der Waals surface area contributed by atoms with E-state index >= 15 is 0 Å². The van der Waals surface area contributed by atoms with E-state index in [4.69, 9.17) is 4.99 Å². The van der Waals surface area contributed by atoms with E-state index in [0.717, 1.165) is 35.6 Å². The van der Waals surface area contributed by atoms with Crippen molar-refractivity contribution in [3.63, 3.8) is 0 Å². The summed E-state index contributed by atoms with van der Waals surface area (Å²) in [4.78, 5) is 12.7. The third-order valence-electron chi connectivity index (χ3n) is 3.46. The van der Waals surface area contributed by atoms with Crippen LogP contribution in [-0.4, -0.2) is 14.5 Å². The molecule has 3 aromatic rings. The number of H-pyrrole nitrogens is 1. The van der Waals surface area contributed by atoms with Crippen molar-refractivity contribution < 1.29 is 0 Å². The van der Waals surface area contributed by atoms with E-state index in [-0.39, 0.29) is 0 Å². The Bertz CT molecular complexity index is 922. The molecule has 21 heavy (non-hydrogen) atoms. The summed E-state index contributed by atoms with van der Waals surface area (Å²) in [6.07, 6.45) is 0. The minimum absolute atomic E-state index is 0.776. The molecule has 0 unspecified atom stereocenters. The Morgan fingerprint density at radius 1 is 0.857 bits per heavy atom. The van der Waals surface area contributed by atoms with Crippen LogP contribution in [0.4, 0.5) is 5.82 Å². The molecule has 0 spiro atoms. The number of rotatable bonds is 1. The Morgan fingerprint density at radius 2 is 1.52 bits per heavy atom. The summed E-state index contributed by atoms with van der Waals surface area (Å²) >= 11 is 4.57. The minimum Gasteiger partial charge on any atom is -0.334 e. The van der Waals surface area contributed by atoms with Crippen molar-refractivity contribution in [2.75, 3.05) is 0 Å². The molecular formula is C16H9I2N3. The Kier molecular flexibility index (Phi) is 3.33. The maximum Gasteiger partial charge on any atom is 0.163 e. The molecule has 1 N–H and O–H groups in total. The molecule has 0 saturated carbocycles. The quantitative estimate of drug-likeness (QED) is 0.458. The summed E-state index contributed by atoms with van der Waals surface area (Å²) in [5.74, 6) is 1.65. The second-order valence-electron chi connectivity index (χ2n) is 4.72. The molecule has 0 amide bonds. The van der Waals surface area contributed by atoms with Gasteiger partial charge in [0.1, 0.15) is 9.54 Å². The molecule has 2 aromatic carbocycles. The zero-order valence-corrected chi connectivity index (χ0v) is 15.1. The monoisotopic (exact) mass is 497 g/mol. The smallest absolute Gasteiger partial charge is 0.163 e. The third-order valence-corrected chi connectivity index (χ3v) is 5.13. The average molecular weight is 497 g/mol.